The maximum absolute atomic E-state index is 11.6. The standard InChI is InChI=1S/C10H13N3O5/c1-12-8(15)3-4-13(10(12)17)6-7(14)11-5-9(16)18-2/h3-4H,5-6H2,1-2H3,(H,11,14). The summed E-state index contributed by atoms with van der Waals surface area (Å²) in [6.07, 6.45) is 1.22. The van der Waals surface area contributed by atoms with Gasteiger partial charge in [0, 0.05) is 19.3 Å². The van der Waals surface area contributed by atoms with Gasteiger partial charge >= 0.3 is 11.7 Å². The van der Waals surface area contributed by atoms with Crippen molar-refractivity contribution in [3.63, 3.8) is 0 Å². The van der Waals surface area contributed by atoms with Crippen LogP contribution in [0.4, 0.5) is 0 Å². The Hall–Kier alpha value is -2.38. The molecule has 1 rings (SSSR count). The molecular weight excluding hydrogens is 242 g/mol. The third kappa shape index (κ3) is 3.30. The first-order valence-corrected chi connectivity index (χ1v) is 5.05. The monoisotopic (exact) mass is 255 g/mol. The molecule has 8 nitrogen and oxygen atoms in total. The zero-order valence-corrected chi connectivity index (χ0v) is 10.0. The molecule has 1 amide bonds. The lowest BCUT2D eigenvalue weighted by Crippen LogP contribution is -2.41. The smallest absolute Gasteiger partial charge is 0.331 e. The van der Waals surface area contributed by atoms with Gasteiger partial charge in [-0.05, 0) is 0 Å². The normalized spacial score (nSPS) is 9.89. The summed E-state index contributed by atoms with van der Waals surface area (Å²) in [4.78, 5) is 44.9. The third-order valence-electron chi connectivity index (χ3n) is 2.23. The van der Waals surface area contributed by atoms with Gasteiger partial charge in [-0.25, -0.2) is 4.79 Å². The van der Waals surface area contributed by atoms with Crippen molar-refractivity contribution < 1.29 is 14.3 Å². The van der Waals surface area contributed by atoms with E-state index in [2.05, 4.69) is 10.1 Å². The number of nitrogens with zero attached hydrogens (tertiary/aromatic N) is 2. The summed E-state index contributed by atoms with van der Waals surface area (Å²) in [6.45, 7) is -0.542. The predicted octanol–water partition coefficient (Wildman–Crippen LogP) is -2.16. The number of methoxy groups -OCH3 is 1. The molecule has 0 aromatic carbocycles. The lowest BCUT2D eigenvalue weighted by molar-refractivity contribution is -0.141. The number of amides is 1. The molecule has 0 aliphatic rings. The average molecular weight is 255 g/mol. The van der Waals surface area contributed by atoms with Gasteiger partial charge in [-0.1, -0.05) is 0 Å². The van der Waals surface area contributed by atoms with Crippen molar-refractivity contribution in [1.82, 2.24) is 14.5 Å². The molecule has 0 aliphatic heterocycles. The van der Waals surface area contributed by atoms with Crippen LogP contribution >= 0.6 is 0 Å². The first kappa shape index (κ1) is 13.7. The van der Waals surface area contributed by atoms with Crippen LogP contribution in [-0.2, 0) is 27.9 Å². The SMILES string of the molecule is COC(=O)CNC(=O)Cn1ccc(=O)n(C)c1=O. The van der Waals surface area contributed by atoms with E-state index in [4.69, 9.17) is 0 Å². The Labute approximate surface area is 102 Å². The molecule has 1 aromatic rings. The molecule has 0 fully saturated rings. The summed E-state index contributed by atoms with van der Waals surface area (Å²) in [6, 6.07) is 1.18. The Morgan fingerprint density at radius 1 is 1.39 bits per heavy atom. The number of carbonyl (C=O) groups excluding carboxylic acids is 2. The van der Waals surface area contributed by atoms with E-state index in [0.29, 0.717) is 0 Å². The number of nitrogens with one attached hydrogen (secondary N) is 1. The highest BCUT2D eigenvalue weighted by Gasteiger charge is 2.08. The molecule has 0 unspecified atom stereocenters. The number of ether oxygens (including phenoxy) is 1. The van der Waals surface area contributed by atoms with Gasteiger partial charge in [0.05, 0.1) is 7.11 Å². The summed E-state index contributed by atoms with van der Waals surface area (Å²) < 4.78 is 6.29. The quantitative estimate of drug-likeness (QED) is 0.617. The third-order valence-corrected chi connectivity index (χ3v) is 2.23. The van der Waals surface area contributed by atoms with Gasteiger partial charge in [0.15, 0.2) is 0 Å². The molecule has 0 saturated carbocycles. The second-order valence-electron chi connectivity index (χ2n) is 3.48. The first-order valence-electron chi connectivity index (χ1n) is 5.05. The van der Waals surface area contributed by atoms with Crippen LogP contribution in [0.3, 0.4) is 0 Å². The Balaban J connectivity index is 2.71. The van der Waals surface area contributed by atoms with Crippen molar-refractivity contribution in [3.05, 3.63) is 33.1 Å². The highest BCUT2D eigenvalue weighted by molar-refractivity contribution is 5.81. The largest absolute Gasteiger partial charge is 0.468 e. The summed E-state index contributed by atoms with van der Waals surface area (Å²) in [7, 11) is 2.51. The lowest BCUT2D eigenvalue weighted by Gasteiger charge is -2.07. The number of hydrogen-bond acceptors (Lipinski definition) is 5. The highest BCUT2D eigenvalue weighted by atomic mass is 16.5. The molecule has 0 spiro atoms. The maximum Gasteiger partial charge on any atom is 0.331 e. The van der Waals surface area contributed by atoms with Crippen LogP contribution in [-0.4, -0.2) is 34.7 Å². The van der Waals surface area contributed by atoms with E-state index in [0.717, 1.165) is 9.13 Å². The van der Waals surface area contributed by atoms with Crippen molar-refractivity contribution in [2.45, 2.75) is 6.54 Å². The fourth-order valence-corrected chi connectivity index (χ4v) is 1.19. The average Bonchev–Trinajstić information content (AvgIpc) is 2.36. The van der Waals surface area contributed by atoms with Gasteiger partial charge in [-0.15, -0.1) is 0 Å². The number of esters is 1. The zero-order chi connectivity index (χ0) is 13.7. The molecule has 1 heterocycles. The minimum absolute atomic E-state index is 0.268. The summed E-state index contributed by atoms with van der Waals surface area (Å²) in [5, 5.41) is 2.28. The van der Waals surface area contributed by atoms with E-state index < -0.39 is 23.1 Å². The lowest BCUT2D eigenvalue weighted by atomic mass is 10.5. The van der Waals surface area contributed by atoms with E-state index in [-0.39, 0.29) is 13.1 Å². The molecule has 0 aliphatic carbocycles. The molecule has 98 valence electrons. The Morgan fingerprint density at radius 2 is 2.06 bits per heavy atom. The maximum atomic E-state index is 11.6. The number of hydrogen-bond donors (Lipinski definition) is 1. The van der Waals surface area contributed by atoms with Crippen LogP contribution < -0.4 is 16.6 Å². The van der Waals surface area contributed by atoms with Crippen molar-refractivity contribution in [2.75, 3.05) is 13.7 Å². The number of aromatic nitrogens is 2. The highest BCUT2D eigenvalue weighted by Crippen LogP contribution is 1.79. The van der Waals surface area contributed by atoms with Gasteiger partial charge in [-0.2, -0.15) is 0 Å². The Kier molecular flexibility index (Phi) is 4.41. The van der Waals surface area contributed by atoms with Gasteiger partial charge in [-0.3, -0.25) is 23.5 Å². The van der Waals surface area contributed by atoms with Crippen LogP contribution in [0.5, 0.6) is 0 Å². The molecule has 0 radical (unpaired) electrons. The second kappa shape index (κ2) is 5.80. The molecule has 1 N–H and O–H groups in total. The van der Waals surface area contributed by atoms with Crippen molar-refractivity contribution in [3.8, 4) is 0 Å². The molecule has 1 aromatic heterocycles. The molecular formula is C10H13N3O5. The van der Waals surface area contributed by atoms with Crippen molar-refractivity contribution in [2.24, 2.45) is 7.05 Å². The number of rotatable bonds is 4. The fourth-order valence-electron chi connectivity index (χ4n) is 1.19. The van der Waals surface area contributed by atoms with Gasteiger partial charge < -0.3 is 10.1 Å². The van der Waals surface area contributed by atoms with Crippen LogP contribution in [0, 0.1) is 0 Å². The fraction of sp³-hybridized carbons (Fsp3) is 0.400. The summed E-state index contributed by atoms with van der Waals surface area (Å²) in [5.41, 5.74) is -1.05. The first-order chi connectivity index (χ1) is 8.45. The van der Waals surface area contributed by atoms with Gasteiger partial charge in [0.2, 0.25) is 5.91 Å². The van der Waals surface area contributed by atoms with Gasteiger partial charge in [0.1, 0.15) is 13.1 Å². The Bertz CT molecular complexity index is 572. The molecule has 0 saturated heterocycles. The molecule has 0 bridgehead atoms. The number of carbonyl (C=O) groups is 2. The Morgan fingerprint density at radius 3 is 2.67 bits per heavy atom. The predicted molar refractivity (Wildman–Crippen MR) is 61.0 cm³/mol. The van der Waals surface area contributed by atoms with E-state index in [1.165, 1.54) is 26.4 Å². The summed E-state index contributed by atoms with van der Waals surface area (Å²) >= 11 is 0. The van der Waals surface area contributed by atoms with E-state index in [1.54, 1.807) is 0 Å². The van der Waals surface area contributed by atoms with Crippen LogP contribution in [0.1, 0.15) is 0 Å². The summed E-state index contributed by atoms with van der Waals surface area (Å²) in [5.74, 6) is -1.11. The molecule has 18 heavy (non-hydrogen) atoms. The van der Waals surface area contributed by atoms with Crippen molar-refractivity contribution >= 4 is 11.9 Å². The van der Waals surface area contributed by atoms with Crippen molar-refractivity contribution in [1.29, 1.82) is 0 Å². The molecule has 8 heteroatoms. The van der Waals surface area contributed by atoms with E-state index >= 15 is 0 Å². The van der Waals surface area contributed by atoms with Crippen LogP contribution in [0.15, 0.2) is 21.9 Å². The minimum Gasteiger partial charge on any atom is -0.468 e. The topological polar surface area (TPSA) is 99.4 Å². The van der Waals surface area contributed by atoms with Gasteiger partial charge in [0.25, 0.3) is 5.56 Å². The molecule has 0 atom stereocenters. The zero-order valence-electron chi connectivity index (χ0n) is 10.0. The van der Waals surface area contributed by atoms with Crippen LogP contribution in [0.25, 0.3) is 0 Å². The van der Waals surface area contributed by atoms with E-state index in [9.17, 15) is 19.2 Å². The van der Waals surface area contributed by atoms with Crippen LogP contribution in [0.2, 0.25) is 0 Å². The van der Waals surface area contributed by atoms with E-state index in [1.807, 2.05) is 0 Å². The minimum atomic E-state index is -0.601. The second-order valence-corrected chi connectivity index (χ2v) is 3.48.